The first-order valence-corrected chi connectivity index (χ1v) is 8.99. The van der Waals surface area contributed by atoms with Crippen LogP contribution in [0.15, 0.2) is 47.2 Å². The smallest absolute Gasteiger partial charge is 0.410 e. The highest BCUT2D eigenvalue weighted by Crippen LogP contribution is 2.19. The van der Waals surface area contributed by atoms with Gasteiger partial charge in [-0.3, -0.25) is 4.79 Å². The van der Waals surface area contributed by atoms with E-state index in [4.69, 9.17) is 4.74 Å². The van der Waals surface area contributed by atoms with Crippen LogP contribution in [0.5, 0.6) is 5.75 Å². The average molecular weight is 344 g/mol. The zero-order valence-electron chi connectivity index (χ0n) is 13.3. The van der Waals surface area contributed by atoms with Gasteiger partial charge in [-0.05, 0) is 42.3 Å². The molecule has 1 fully saturated rings. The Bertz CT molecular complexity index is 665. The Morgan fingerprint density at radius 3 is 2.58 bits per heavy atom. The number of carbonyl (C=O) groups is 2. The number of rotatable bonds is 4. The van der Waals surface area contributed by atoms with Gasteiger partial charge < -0.3 is 15.0 Å². The van der Waals surface area contributed by atoms with Crippen LogP contribution in [0.3, 0.4) is 0 Å². The van der Waals surface area contributed by atoms with E-state index in [1.807, 2.05) is 35.0 Å². The number of thiophene rings is 1. The van der Waals surface area contributed by atoms with Crippen molar-refractivity contribution < 1.29 is 14.3 Å². The third-order valence-corrected chi connectivity index (χ3v) is 4.84. The molecule has 1 aliphatic rings. The predicted molar refractivity (Wildman–Crippen MR) is 93.4 cm³/mol. The number of nitrogens with zero attached hydrogens (tertiary/aromatic N) is 1. The van der Waals surface area contributed by atoms with Crippen molar-refractivity contribution in [3.63, 3.8) is 0 Å². The molecular formula is C18H20N2O3S. The lowest BCUT2D eigenvalue weighted by Crippen LogP contribution is -2.42. The van der Waals surface area contributed by atoms with Gasteiger partial charge in [0.1, 0.15) is 5.75 Å². The van der Waals surface area contributed by atoms with Gasteiger partial charge in [-0.1, -0.05) is 18.2 Å². The molecule has 0 unspecified atom stereocenters. The molecule has 1 saturated heterocycles. The number of nitrogens with one attached hydrogen (secondary N) is 1. The lowest BCUT2D eigenvalue weighted by molar-refractivity contribution is 0.0932. The summed E-state index contributed by atoms with van der Waals surface area (Å²) in [5, 5.41) is 6.71. The molecule has 1 aromatic heterocycles. The topological polar surface area (TPSA) is 58.6 Å². The summed E-state index contributed by atoms with van der Waals surface area (Å²) in [6, 6.07) is 10.9. The van der Waals surface area contributed by atoms with Crippen molar-refractivity contribution in [3.8, 4) is 5.75 Å². The maximum absolute atomic E-state index is 12.1. The molecule has 1 N–H and O–H groups in total. The Labute approximate surface area is 145 Å². The standard InChI is InChI=1S/C18H20N2O3S/c21-17(15-8-11-24-13-15)19-12-14-6-9-20(10-7-14)18(22)23-16-4-2-1-3-5-16/h1-5,8,11,13-14H,6-7,9-10,12H2,(H,19,21). The summed E-state index contributed by atoms with van der Waals surface area (Å²) in [7, 11) is 0. The first-order valence-electron chi connectivity index (χ1n) is 8.04. The van der Waals surface area contributed by atoms with E-state index in [0.717, 1.165) is 12.8 Å². The lowest BCUT2D eigenvalue weighted by Gasteiger charge is -2.31. The highest BCUT2D eigenvalue weighted by molar-refractivity contribution is 7.08. The minimum atomic E-state index is -0.304. The molecule has 3 rings (SSSR count). The maximum atomic E-state index is 12.1. The molecule has 2 aromatic rings. The van der Waals surface area contributed by atoms with Crippen LogP contribution in [0.4, 0.5) is 4.79 Å². The second kappa shape index (κ2) is 7.97. The van der Waals surface area contributed by atoms with Crippen LogP contribution in [-0.4, -0.2) is 36.5 Å². The molecule has 0 atom stereocenters. The molecule has 2 heterocycles. The van der Waals surface area contributed by atoms with Gasteiger partial charge in [0.05, 0.1) is 0 Å². The first-order chi connectivity index (χ1) is 11.7. The number of benzene rings is 1. The van der Waals surface area contributed by atoms with E-state index in [1.165, 1.54) is 11.3 Å². The number of likely N-dealkylation sites (tertiary alicyclic amines) is 1. The van der Waals surface area contributed by atoms with Crippen molar-refractivity contribution in [1.29, 1.82) is 0 Å². The van der Waals surface area contributed by atoms with E-state index < -0.39 is 0 Å². The van der Waals surface area contributed by atoms with Crippen molar-refractivity contribution in [2.75, 3.05) is 19.6 Å². The number of carbonyl (C=O) groups excluding carboxylic acids is 2. The molecule has 2 amide bonds. The van der Waals surface area contributed by atoms with Crippen molar-refractivity contribution in [2.45, 2.75) is 12.8 Å². The van der Waals surface area contributed by atoms with Crippen molar-refractivity contribution in [1.82, 2.24) is 10.2 Å². The van der Waals surface area contributed by atoms with Gasteiger partial charge in [-0.25, -0.2) is 4.79 Å². The number of hydrogen-bond donors (Lipinski definition) is 1. The third kappa shape index (κ3) is 4.35. The summed E-state index contributed by atoms with van der Waals surface area (Å²) in [6.45, 7) is 1.96. The van der Waals surface area contributed by atoms with E-state index in [9.17, 15) is 9.59 Å². The zero-order chi connectivity index (χ0) is 16.8. The number of para-hydroxylation sites is 1. The Hall–Kier alpha value is -2.34. The van der Waals surface area contributed by atoms with Gasteiger partial charge in [-0.15, -0.1) is 0 Å². The fourth-order valence-electron chi connectivity index (χ4n) is 2.71. The molecule has 0 saturated carbocycles. The molecule has 0 aliphatic carbocycles. The molecule has 0 spiro atoms. The van der Waals surface area contributed by atoms with Crippen LogP contribution in [0, 0.1) is 5.92 Å². The quantitative estimate of drug-likeness (QED) is 0.925. The molecule has 1 aliphatic heterocycles. The lowest BCUT2D eigenvalue weighted by atomic mass is 9.97. The fourth-order valence-corrected chi connectivity index (χ4v) is 3.34. The maximum Gasteiger partial charge on any atom is 0.415 e. The highest BCUT2D eigenvalue weighted by atomic mass is 32.1. The summed E-state index contributed by atoms with van der Waals surface area (Å²) in [5.41, 5.74) is 0.712. The van der Waals surface area contributed by atoms with E-state index in [1.54, 1.807) is 17.0 Å². The van der Waals surface area contributed by atoms with Crippen LogP contribution in [0.1, 0.15) is 23.2 Å². The monoisotopic (exact) mass is 344 g/mol. The molecule has 6 heteroatoms. The minimum absolute atomic E-state index is 0.0258. The summed E-state index contributed by atoms with van der Waals surface area (Å²) in [4.78, 5) is 25.8. The van der Waals surface area contributed by atoms with Crippen LogP contribution < -0.4 is 10.1 Å². The van der Waals surface area contributed by atoms with Gasteiger partial charge in [0.25, 0.3) is 5.91 Å². The van der Waals surface area contributed by atoms with Crippen molar-refractivity contribution in [2.24, 2.45) is 5.92 Å². The molecule has 0 radical (unpaired) electrons. The Balaban J connectivity index is 1.41. The van der Waals surface area contributed by atoms with Crippen LogP contribution >= 0.6 is 11.3 Å². The SMILES string of the molecule is O=C(NCC1CCN(C(=O)Oc2ccccc2)CC1)c1ccsc1. The molecule has 5 nitrogen and oxygen atoms in total. The first kappa shape index (κ1) is 16.5. The summed E-state index contributed by atoms with van der Waals surface area (Å²) in [5.74, 6) is 0.933. The van der Waals surface area contributed by atoms with E-state index in [-0.39, 0.29) is 12.0 Å². The highest BCUT2D eigenvalue weighted by Gasteiger charge is 2.24. The Morgan fingerprint density at radius 2 is 1.92 bits per heavy atom. The van der Waals surface area contributed by atoms with Gasteiger partial charge in [0.15, 0.2) is 0 Å². The normalized spacial score (nSPS) is 15.1. The van der Waals surface area contributed by atoms with Crippen LogP contribution in [0.25, 0.3) is 0 Å². The van der Waals surface area contributed by atoms with Gasteiger partial charge in [0, 0.05) is 30.6 Å². The third-order valence-electron chi connectivity index (χ3n) is 4.16. The van der Waals surface area contributed by atoms with Crippen LogP contribution in [0.2, 0.25) is 0 Å². The van der Waals surface area contributed by atoms with Crippen LogP contribution in [-0.2, 0) is 0 Å². The second-order valence-corrected chi connectivity index (χ2v) is 6.61. The number of piperidine rings is 1. The minimum Gasteiger partial charge on any atom is -0.410 e. The van der Waals surface area contributed by atoms with Gasteiger partial charge in [0.2, 0.25) is 0 Å². The number of hydrogen-bond acceptors (Lipinski definition) is 4. The summed E-state index contributed by atoms with van der Waals surface area (Å²) >= 11 is 1.51. The van der Waals surface area contributed by atoms with E-state index in [2.05, 4.69) is 5.32 Å². The molecule has 0 bridgehead atoms. The van der Waals surface area contributed by atoms with Gasteiger partial charge in [-0.2, -0.15) is 11.3 Å². The second-order valence-electron chi connectivity index (χ2n) is 5.83. The Kier molecular flexibility index (Phi) is 5.48. The fraction of sp³-hybridized carbons (Fsp3) is 0.333. The van der Waals surface area contributed by atoms with Crippen molar-refractivity contribution >= 4 is 23.3 Å². The molecule has 126 valence electrons. The molecule has 1 aromatic carbocycles. The van der Waals surface area contributed by atoms with Gasteiger partial charge >= 0.3 is 6.09 Å². The summed E-state index contributed by atoms with van der Waals surface area (Å²) < 4.78 is 5.35. The largest absolute Gasteiger partial charge is 0.415 e. The average Bonchev–Trinajstić information content (AvgIpc) is 3.16. The molecule has 24 heavy (non-hydrogen) atoms. The Morgan fingerprint density at radius 1 is 1.17 bits per heavy atom. The molecular weight excluding hydrogens is 324 g/mol. The van der Waals surface area contributed by atoms with E-state index >= 15 is 0 Å². The van der Waals surface area contributed by atoms with E-state index in [0.29, 0.717) is 36.9 Å². The zero-order valence-corrected chi connectivity index (χ0v) is 14.1. The van der Waals surface area contributed by atoms with Crippen molar-refractivity contribution in [3.05, 3.63) is 52.7 Å². The number of ether oxygens (including phenoxy) is 1. The number of amides is 2. The predicted octanol–water partition coefficient (Wildman–Crippen LogP) is 3.39. The summed E-state index contributed by atoms with van der Waals surface area (Å²) in [6.07, 6.45) is 1.43.